The van der Waals surface area contributed by atoms with Crippen LogP contribution in [0.2, 0.25) is 0 Å². The summed E-state index contributed by atoms with van der Waals surface area (Å²) in [5.74, 6) is 2.49. The SMILES string of the molecule is NC1CCC(n2cc(C(=O)N3CCc4nc(C5CC5)nn4CC3)nn2)CC1. The van der Waals surface area contributed by atoms with Crippen molar-refractivity contribution in [1.82, 2.24) is 34.7 Å². The van der Waals surface area contributed by atoms with E-state index < -0.39 is 0 Å². The van der Waals surface area contributed by atoms with Gasteiger partial charge in [-0.05, 0) is 38.5 Å². The highest BCUT2D eigenvalue weighted by atomic mass is 16.2. The van der Waals surface area contributed by atoms with Crippen LogP contribution in [0.1, 0.15) is 72.6 Å². The number of hydrogen-bond acceptors (Lipinski definition) is 6. The summed E-state index contributed by atoms with van der Waals surface area (Å²) in [7, 11) is 0. The molecule has 2 saturated carbocycles. The Morgan fingerprint density at radius 2 is 1.89 bits per heavy atom. The van der Waals surface area contributed by atoms with E-state index in [1.165, 1.54) is 12.8 Å². The minimum atomic E-state index is -0.0538. The van der Waals surface area contributed by atoms with Crippen LogP contribution in [0.4, 0.5) is 0 Å². The van der Waals surface area contributed by atoms with Gasteiger partial charge in [0.05, 0.1) is 18.8 Å². The van der Waals surface area contributed by atoms with Crippen LogP contribution in [-0.4, -0.2) is 59.7 Å². The number of hydrogen-bond donors (Lipinski definition) is 1. The molecule has 0 bridgehead atoms. The summed E-state index contributed by atoms with van der Waals surface area (Å²) in [6.45, 7) is 1.96. The monoisotopic (exact) mass is 370 g/mol. The second-order valence-corrected chi connectivity index (χ2v) is 8.08. The van der Waals surface area contributed by atoms with Gasteiger partial charge in [-0.2, -0.15) is 5.10 Å². The van der Waals surface area contributed by atoms with Crippen LogP contribution in [0.5, 0.6) is 0 Å². The molecule has 0 unspecified atom stereocenters. The number of nitrogens with two attached hydrogens (primary N) is 1. The lowest BCUT2D eigenvalue weighted by atomic mass is 9.92. The van der Waals surface area contributed by atoms with Crippen LogP contribution in [0.15, 0.2) is 6.20 Å². The number of rotatable bonds is 3. The van der Waals surface area contributed by atoms with Crippen molar-refractivity contribution in [2.75, 3.05) is 13.1 Å². The molecule has 0 atom stereocenters. The van der Waals surface area contributed by atoms with Crippen LogP contribution in [0.25, 0.3) is 0 Å². The summed E-state index contributed by atoms with van der Waals surface area (Å²) in [5, 5.41) is 13.0. The first-order valence-electron chi connectivity index (χ1n) is 10.1. The van der Waals surface area contributed by atoms with Crippen molar-refractivity contribution in [3.8, 4) is 0 Å². The molecular weight excluding hydrogens is 344 g/mol. The van der Waals surface area contributed by atoms with Gasteiger partial charge >= 0.3 is 0 Å². The van der Waals surface area contributed by atoms with E-state index in [1.807, 2.05) is 14.3 Å². The van der Waals surface area contributed by atoms with Crippen molar-refractivity contribution in [2.45, 2.75) is 69.5 Å². The molecule has 3 heterocycles. The van der Waals surface area contributed by atoms with Gasteiger partial charge in [-0.15, -0.1) is 5.10 Å². The number of carbonyl (C=O) groups excluding carboxylic acids is 1. The fourth-order valence-corrected chi connectivity index (χ4v) is 4.12. The van der Waals surface area contributed by atoms with Gasteiger partial charge in [0.25, 0.3) is 5.91 Å². The number of carbonyl (C=O) groups is 1. The summed E-state index contributed by atoms with van der Waals surface area (Å²) in [4.78, 5) is 19.4. The highest BCUT2D eigenvalue weighted by Crippen LogP contribution is 2.38. The zero-order valence-electron chi connectivity index (χ0n) is 15.5. The van der Waals surface area contributed by atoms with Crippen molar-refractivity contribution >= 4 is 5.91 Å². The first-order valence-corrected chi connectivity index (χ1v) is 10.1. The third-order valence-corrected chi connectivity index (χ3v) is 6.03. The summed E-state index contributed by atoms with van der Waals surface area (Å²) in [6.07, 6.45) is 8.95. The van der Waals surface area contributed by atoms with Gasteiger partial charge in [0.1, 0.15) is 5.82 Å². The minimum Gasteiger partial charge on any atom is -0.335 e. The zero-order valence-corrected chi connectivity index (χ0v) is 15.5. The normalized spacial score (nSPS) is 25.9. The van der Waals surface area contributed by atoms with E-state index in [1.54, 1.807) is 6.20 Å². The summed E-state index contributed by atoms with van der Waals surface area (Å²) in [5.41, 5.74) is 6.41. The molecule has 144 valence electrons. The molecular formula is C18H26N8O. The molecule has 0 spiro atoms. The van der Waals surface area contributed by atoms with E-state index in [0.29, 0.717) is 43.3 Å². The average molecular weight is 370 g/mol. The molecule has 2 N–H and O–H groups in total. The second-order valence-electron chi connectivity index (χ2n) is 8.08. The van der Waals surface area contributed by atoms with E-state index in [9.17, 15) is 4.79 Å². The maximum atomic E-state index is 12.9. The third kappa shape index (κ3) is 3.36. The summed E-state index contributed by atoms with van der Waals surface area (Å²) >= 11 is 0. The Kier molecular flexibility index (Phi) is 4.18. The molecule has 2 fully saturated rings. The quantitative estimate of drug-likeness (QED) is 0.860. The number of amides is 1. The molecule has 1 amide bonds. The highest BCUT2D eigenvalue weighted by Gasteiger charge is 2.30. The van der Waals surface area contributed by atoms with Crippen LogP contribution >= 0.6 is 0 Å². The molecule has 2 aliphatic carbocycles. The molecule has 5 rings (SSSR count). The molecule has 9 nitrogen and oxygen atoms in total. The molecule has 2 aromatic rings. The minimum absolute atomic E-state index is 0.0538. The Labute approximate surface area is 157 Å². The topological polar surface area (TPSA) is 108 Å². The summed E-state index contributed by atoms with van der Waals surface area (Å²) < 4.78 is 3.83. The van der Waals surface area contributed by atoms with Crippen LogP contribution in [0, 0.1) is 0 Å². The molecule has 0 radical (unpaired) electrons. The predicted octanol–water partition coefficient (Wildman–Crippen LogP) is 0.888. The maximum absolute atomic E-state index is 12.9. The fraction of sp³-hybridized carbons (Fsp3) is 0.722. The highest BCUT2D eigenvalue weighted by molar-refractivity contribution is 5.91. The Balaban J connectivity index is 1.24. The molecule has 0 aromatic carbocycles. The zero-order chi connectivity index (χ0) is 18.4. The summed E-state index contributed by atoms with van der Waals surface area (Å²) in [6, 6.07) is 0.599. The van der Waals surface area contributed by atoms with Gasteiger partial charge in [0.15, 0.2) is 11.5 Å². The lowest BCUT2D eigenvalue weighted by Gasteiger charge is -2.25. The molecule has 2 aromatic heterocycles. The van der Waals surface area contributed by atoms with E-state index in [2.05, 4.69) is 20.4 Å². The van der Waals surface area contributed by atoms with Crippen LogP contribution in [-0.2, 0) is 13.0 Å². The Morgan fingerprint density at radius 1 is 1.07 bits per heavy atom. The van der Waals surface area contributed by atoms with Gasteiger partial charge in [-0.25, -0.2) is 14.3 Å². The molecule has 9 heteroatoms. The van der Waals surface area contributed by atoms with Crippen molar-refractivity contribution in [2.24, 2.45) is 5.73 Å². The Hall–Kier alpha value is -2.29. The Bertz CT molecular complexity index is 805. The van der Waals surface area contributed by atoms with Gasteiger partial charge in [-0.3, -0.25) is 4.79 Å². The lowest BCUT2D eigenvalue weighted by molar-refractivity contribution is 0.0752. The van der Waals surface area contributed by atoms with Crippen molar-refractivity contribution in [1.29, 1.82) is 0 Å². The Morgan fingerprint density at radius 3 is 2.67 bits per heavy atom. The van der Waals surface area contributed by atoms with Crippen molar-refractivity contribution in [3.05, 3.63) is 23.5 Å². The van der Waals surface area contributed by atoms with Gasteiger partial charge < -0.3 is 10.6 Å². The smallest absolute Gasteiger partial charge is 0.276 e. The first-order chi connectivity index (χ1) is 13.2. The number of aromatic nitrogens is 6. The van der Waals surface area contributed by atoms with Crippen LogP contribution < -0.4 is 5.73 Å². The average Bonchev–Trinajstić information content (AvgIpc) is 3.33. The number of fused-ring (bicyclic) bond motifs is 1. The number of nitrogens with zero attached hydrogens (tertiary/aromatic N) is 7. The third-order valence-electron chi connectivity index (χ3n) is 6.03. The lowest BCUT2D eigenvalue weighted by Crippen LogP contribution is -2.34. The predicted molar refractivity (Wildman–Crippen MR) is 97.1 cm³/mol. The standard InChI is InChI=1S/C18H26N8O/c19-13-3-5-14(6-4-13)26-11-15(21-23-26)18(27)24-8-7-16-20-17(12-1-2-12)22-25(16)10-9-24/h11-14H,1-10,19H2. The van der Waals surface area contributed by atoms with Crippen molar-refractivity contribution in [3.63, 3.8) is 0 Å². The van der Waals surface area contributed by atoms with Crippen molar-refractivity contribution < 1.29 is 4.79 Å². The second kappa shape index (κ2) is 6.70. The first kappa shape index (κ1) is 16.9. The molecule has 0 saturated heterocycles. The fourth-order valence-electron chi connectivity index (χ4n) is 4.12. The van der Waals surface area contributed by atoms with E-state index in [4.69, 9.17) is 5.73 Å². The van der Waals surface area contributed by atoms with Gasteiger partial charge in [-0.1, -0.05) is 5.21 Å². The van der Waals surface area contributed by atoms with E-state index in [-0.39, 0.29) is 5.91 Å². The van der Waals surface area contributed by atoms with Gasteiger partial charge in [0.2, 0.25) is 0 Å². The maximum Gasteiger partial charge on any atom is 0.276 e. The molecule has 1 aliphatic heterocycles. The van der Waals surface area contributed by atoms with Gasteiger partial charge in [0, 0.05) is 31.5 Å². The molecule has 27 heavy (non-hydrogen) atoms. The van der Waals surface area contributed by atoms with Crippen LogP contribution in [0.3, 0.4) is 0 Å². The van der Waals surface area contributed by atoms with E-state index in [0.717, 1.165) is 43.8 Å². The molecule has 3 aliphatic rings. The van der Waals surface area contributed by atoms with E-state index >= 15 is 0 Å². The largest absolute Gasteiger partial charge is 0.335 e.